The van der Waals surface area contributed by atoms with E-state index in [4.69, 9.17) is 9.47 Å². The molecule has 6 aliphatic rings. The summed E-state index contributed by atoms with van der Waals surface area (Å²) >= 11 is 0. The van der Waals surface area contributed by atoms with Gasteiger partial charge in [0.25, 0.3) is 0 Å². The molecule has 0 aromatic heterocycles. The van der Waals surface area contributed by atoms with Crippen LogP contribution in [0.3, 0.4) is 0 Å². The lowest BCUT2D eigenvalue weighted by molar-refractivity contribution is -0.174. The van der Waals surface area contributed by atoms with Crippen LogP contribution in [0.5, 0.6) is 5.75 Å². The maximum Gasteiger partial charge on any atom is 0.321 e. The average molecular weight is 705 g/mol. The summed E-state index contributed by atoms with van der Waals surface area (Å²) < 4.78 is 39.2. The zero-order chi connectivity index (χ0) is 36.4. The van der Waals surface area contributed by atoms with Crippen LogP contribution in [-0.2, 0) is 4.74 Å². The highest BCUT2D eigenvalue weighted by Crippen LogP contribution is 2.78. The number of nitrogens with one attached hydrogen (secondary N) is 1. The molecule has 8 atom stereocenters. The SMILES string of the molecule is COCCCN(CC1(O)CCC2C34C=CC5(C=C3C(=O)c3ccc(F)c(F)c3)CC(O)CCC5(C)C4CCC21C)C(=O)Nc1ccc(OC)cc1. The number of amides is 2. The molecule has 2 amide bonds. The number of hydrogen-bond acceptors (Lipinski definition) is 6. The van der Waals surface area contributed by atoms with Crippen molar-refractivity contribution in [2.75, 3.05) is 39.2 Å². The molecule has 3 N–H and O–H groups in total. The first-order chi connectivity index (χ1) is 24.3. The smallest absolute Gasteiger partial charge is 0.321 e. The van der Waals surface area contributed by atoms with Crippen molar-refractivity contribution < 1.29 is 38.1 Å². The molecule has 3 fully saturated rings. The number of ether oxygens (including phenoxy) is 2. The number of ketones is 1. The fraction of sp³-hybridized carbons (Fsp3) is 0.561. The molecule has 3 saturated carbocycles. The molecule has 6 aliphatic carbocycles. The van der Waals surface area contributed by atoms with E-state index in [0.29, 0.717) is 68.7 Å². The van der Waals surface area contributed by atoms with Crippen LogP contribution in [0.4, 0.5) is 19.3 Å². The van der Waals surface area contributed by atoms with Gasteiger partial charge in [-0.1, -0.05) is 32.1 Å². The summed E-state index contributed by atoms with van der Waals surface area (Å²) in [5, 5.41) is 26.8. The van der Waals surface area contributed by atoms with Gasteiger partial charge in [-0.3, -0.25) is 4.79 Å². The highest BCUT2D eigenvalue weighted by atomic mass is 19.2. The van der Waals surface area contributed by atoms with E-state index >= 15 is 0 Å². The number of halogens is 2. The van der Waals surface area contributed by atoms with Crippen molar-refractivity contribution in [3.63, 3.8) is 0 Å². The first kappa shape index (κ1) is 35.8. The van der Waals surface area contributed by atoms with E-state index in [9.17, 15) is 28.6 Å². The third kappa shape index (κ3) is 5.38. The number of carbonyl (C=O) groups excluding carboxylic acids is 2. The van der Waals surface area contributed by atoms with Gasteiger partial charge in [-0.2, -0.15) is 0 Å². The second kappa shape index (κ2) is 12.8. The quantitative estimate of drug-likeness (QED) is 0.136. The summed E-state index contributed by atoms with van der Waals surface area (Å²) in [7, 11) is 3.20. The number of aliphatic hydroxyl groups excluding tert-OH is 1. The number of carbonyl (C=O) groups is 2. The van der Waals surface area contributed by atoms with Gasteiger partial charge in [0.15, 0.2) is 17.4 Å². The van der Waals surface area contributed by atoms with Gasteiger partial charge in [0.2, 0.25) is 0 Å². The van der Waals surface area contributed by atoms with Crippen LogP contribution in [0.2, 0.25) is 0 Å². The topological polar surface area (TPSA) is 108 Å². The van der Waals surface area contributed by atoms with Crippen molar-refractivity contribution in [3.05, 3.63) is 83.5 Å². The Morgan fingerprint density at radius 3 is 2.35 bits per heavy atom. The molecule has 0 heterocycles. The molecule has 51 heavy (non-hydrogen) atoms. The molecular weight excluding hydrogens is 654 g/mol. The third-order valence-corrected chi connectivity index (χ3v) is 14.0. The van der Waals surface area contributed by atoms with Crippen molar-refractivity contribution in [1.29, 1.82) is 0 Å². The third-order valence-electron chi connectivity index (χ3n) is 14.0. The number of fused-ring (bicyclic) bond motifs is 1. The second-order valence-corrected chi connectivity index (χ2v) is 16.2. The zero-order valence-electron chi connectivity index (χ0n) is 30.0. The Balaban J connectivity index is 1.26. The monoisotopic (exact) mass is 704 g/mol. The zero-order valence-corrected chi connectivity index (χ0v) is 30.0. The van der Waals surface area contributed by atoms with E-state index in [1.54, 1.807) is 43.4 Å². The van der Waals surface area contributed by atoms with Crippen molar-refractivity contribution in [3.8, 4) is 5.75 Å². The number of methoxy groups -OCH3 is 2. The predicted octanol–water partition coefficient (Wildman–Crippen LogP) is 7.32. The molecule has 2 spiro atoms. The summed E-state index contributed by atoms with van der Waals surface area (Å²) in [5.74, 6) is -1.89. The fourth-order valence-corrected chi connectivity index (χ4v) is 11.2. The maximum atomic E-state index is 14.6. The van der Waals surface area contributed by atoms with E-state index in [0.717, 1.165) is 25.0 Å². The van der Waals surface area contributed by atoms with Crippen LogP contribution in [0.25, 0.3) is 0 Å². The van der Waals surface area contributed by atoms with E-state index in [1.807, 2.05) is 0 Å². The lowest BCUT2D eigenvalue weighted by Gasteiger charge is -2.71. The molecule has 0 saturated heterocycles. The largest absolute Gasteiger partial charge is 0.497 e. The highest BCUT2D eigenvalue weighted by Gasteiger charge is 2.74. The average Bonchev–Trinajstić information content (AvgIpc) is 3.38. The Morgan fingerprint density at radius 1 is 0.941 bits per heavy atom. The van der Waals surface area contributed by atoms with Crippen LogP contribution in [-0.4, -0.2) is 72.5 Å². The van der Waals surface area contributed by atoms with Crippen LogP contribution in [0.1, 0.15) is 75.6 Å². The number of Topliss-reactive ketones (excluding diaryl/α,β-unsaturated/α-hetero) is 1. The number of hydrogen-bond donors (Lipinski definition) is 3. The van der Waals surface area contributed by atoms with E-state index in [-0.39, 0.29) is 41.2 Å². The minimum absolute atomic E-state index is 0.0355. The van der Waals surface area contributed by atoms with Gasteiger partial charge in [0, 0.05) is 53.3 Å². The minimum atomic E-state index is -1.28. The first-order valence-electron chi connectivity index (χ1n) is 18.3. The van der Waals surface area contributed by atoms with Crippen LogP contribution in [0.15, 0.2) is 66.3 Å². The molecule has 10 heteroatoms. The molecule has 0 radical (unpaired) electrons. The number of benzene rings is 2. The summed E-state index contributed by atoms with van der Waals surface area (Å²) in [6.07, 6.45) is 11.0. The predicted molar refractivity (Wildman–Crippen MR) is 189 cm³/mol. The normalized spacial score (nSPS) is 36.1. The molecule has 8 unspecified atom stereocenters. The van der Waals surface area contributed by atoms with Crippen molar-refractivity contribution in [1.82, 2.24) is 4.90 Å². The lowest BCUT2D eigenvalue weighted by Crippen LogP contribution is -2.67. The molecule has 2 bridgehead atoms. The minimum Gasteiger partial charge on any atom is -0.497 e. The van der Waals surface area contributed by atoms with Crippen molar-refractivity contribution in [2.24, 2.45) is 33.5 Å². The Hall–Kier alpha value is -3.60. The molecule has 8 nitrogen and oxygen atoms in total. The van der Waals surface area contributed by atoms with Crippen LogP contribution < -0.4 is 10.1 Å². The second-order valence-electron chi connectivity index (χ2n) is 16.2. The summed E-state index contributed by atoms with van der Waals surface area (Å²) in [6, 6.07) is 10.1. The Morgan fingerprint density at radius 2 is 1.65 bits per heavy atom. The van der Waals surface area contributed by atoms with Gasteiger partial charge in [-0.05, 0) is 111 Å². The molecule has 0 aliphatic heterocycles. The van der Waals surface area contributed by atoms with Crippen molar-refractivity contribution >= 4 is 17.5 Å². The van der Waals surface area contributed by atoms with Crippen molar-refractivity contribution in [2.45, 2.75) is 76.9 Å². The van der Waals surface area contributed by atoms with E-state index in [2.05, 4.69) is 37.4 Å². The standard InChI is InChI=1S/C41H50F2N2O6/c1-37-15-12-28(46)23-39(37)18-19-41(30(24-39)35(47)26-6-11-31(42)32(43)22-26)33(37)13-16-38(2)34(41)14-17-40(38,49)25-45(20-5-21-50-3)36(48)44-27-7-9-29(51-4)10-8-27/h6-11,18-19,22,24,28,33-34,46,49H,5,12-17,20-21,23,25H2,1-4H3,(H,44,48). The van der Waals surface area contributed by atoms with Gasteiger partial charge >= 0.3 is 6.03 Å². The van der Waals surface area contributed by atoms with E-state index < -0.39 is 39.6 Å². The molecular formula is C41H50F2N2O6. The summed E-state index contributed by atoms with van der Waals surface area (Å²) in [5.41, 5.74) is -2.29. The Bertz CT molecular complexity index is 1760. The highest BCUT2D eigenvalue weighted by molar-refractivity contribution is 6.10. The Kier molecular flexibility index (Phi) is 8.99. The number of rotatable bonds is 10. The van der Waals surface area contributed by atoms with Crippen LogP contribution in [0, 0.1) is 45.1 Å². The summed E-state index contributed by atoms with van der Waals surface area (Å²) in [6.45, 7) is 5.33. The van der Waals surface area contributed by atoms with Gasteiger partial charge < -0.3 is 29.9 Å². The van der Waals surface area contributed by atoms with Gasteiger partial charge in [0.1, 0.15) is 5.75 Å². The number of anilines is 1. The Labute approximate surface area is 298 Å². The van der Waals surface area contributed by atoms with Gasteiger partial charge in [0.05, 0.1) is 25.4 Å². The number of urea groups is 1. The molecule has 2 aromatic carbocycles. The number of allylic oxidation sites excluding steroid dienone is 4. The lowest BCUT2D eigenvalue weighted by atomic mass is 9.32. The summed E-state index contributed by atoms with van der Waals surface area (Å²) in [4.78, 5) is 30.2. The fourth-order valence-electron chi connectivity index (χ4n) is 11.2. The number of aliphatic hydroxyl groups is 2. The number of nitrogens with zero attached hydrogens (tertiary/aromatic N) is 1. The van der Waals surface area contributed by atoms with Gasteiger partial charge in [-0.15, -0.1) is 0 Å². The molecule has 8 rings (SSSR count). The maximum absolute atomic E-state index is 14.6. The first-order valence-corrected chi connectivity index (χ1v) is 18.3. The molecule has 2 aromatic rings. The van der Waals surface area contributed by atoms with Crippen LogP contribution >= 0.6 is 0 Å². The van der Waals surface area contributed by atoms with Gasteiger partial charge in [-0.25, -0.2) is 13.6 Å². The molecule has 274 valence electrons. The van der Waals surface area contributed by atoms with E-state index in [1.165, 1.54) is 6.07 Å².